The number of aromatic nitrogens is 1. The summed E-state index contributed by atoms with van der Waals surface area (Å²) in [4.78, 5) is 21.0. The standard InChI is InChI=1S/C13H16BrN3O/c14-12-11(4-1-5-15-12)13(18)17-8-7-16-6-2-3-10(16)9-17/h1,4-5,10H,2-3,6-9H2. The largest absolute Gasteiger partial charge is 0.336 e. The molecular weight excluding hydrogens is 294 g/mol. The molecule has 1 amide bonds. The van der Waals surface area contributed by atoms with Gasteiger partial charge < -0.3 is 4.90 Å². The van der Waals surface area contributed by atoms with Crippen LogP contribution < -0.4 is 0 Å². The Bertz CT molecular complexity index is 465. The number of rotatable bonds is 1. The summed E-state index contributed by atoms with van der Waals surface area (Å²) in [6, 6.07) is 4.21. The lowest BCUT2D eigenvalue weighted by atomic mass is 10.1. The average molecular weight is 310 g/mol. The molecule has 3 heterocycles. The maximum absolute atomic E-state index is 12.4. The van der Waals surface area contributed by atoms with E-state index < -0.39 is 0 Å². The van der Waals surface area contributed by atoms with Gasteiger partial charge >= 0.3 is 0 Å². The van der Waals surface area contributed by atoms with Gasteiger partial charge in [-0.3, -0.25) is 9.69 Å². The Morgan fingerprint density at radius 2 is 2.28 bits per heavy atom. The predicted molar refractivity (Wildman–Crippen MR) is 72.4 cm³/mol. The highest BCUT2D eigenvalue weighted by Crippen LogP contribution is 2.23. The summed E-state index contributed by atoms with van der Waals surface area (Å²) in [7, 11) is 0. The van der Waals surface area contributed by atoms with E-state index in [4.69, 9.17) is 0 Å². The fourth-order valence-electron chi connectivity index (χ4n) is 2.89. The van der Waals surface area contributed by atoms with E-state index >= 15 is 0 Å². The highest BCUT2D eigenvalue weighted by molar-refractivity contribution is 9.10. The van der Waals surface area contributed by atoms with E-state index in [1.54, 1.807) is 6.20 Å². The Balaban J connectivity index is 1.75. The molecule has 18 heavy (non-hydrogen) atoms. The quantitative estimate of drug-likeness (QED) is 0.742. The first-order valence-electron chi connectivity index (χ1n) is 6.39. The molecular formula is C13H16BrN3O. The number of halogens is 1. The third-order valence-corrected chi connectivity index (χ3v) is 4.50. The summed E-state index contributed by atoms with van der Waals surface area (Å²) in [5.41, 5.74) is 0.670. The Hall–Kier alpha value is -0.940. The normalized spacial score (nSPS) is 24.1. The minimum atomic E-state index is 0.0986. The summed E-state index contributed by atoms with van der Waals surface area (Å²) in [5.74, 6) is 0.0986. The lowest BCUT2D eigenvalue weighted by Gasteiger charge is -2.37. The third-order valence-electron chi connectivity index (χ3n) is 3.86. The summed E-state index contributed by atoms with van der Waals surface area (Å²) < 4.78 is 0.642. The minimum absolute atomic E-state index is 0.0986. The van der Waals surface area contributed by atoms with Crippen LogP contribution in [0.15, 0.2) is 22.9 Å². The molecule has 1 unspecified atom stereocenters. The van der Waals surface area contributed by atoms with Crippen molar-refractivity contribution in [2.24, 2.45) is 0 Å². The summed E-state index contributed by atoms with van der Waals surface area (Å²) in [6.07, 6.45) is 4.18. The molecule has 0 spiro atoms. The van der Waals surface area contributed by atoms with Gasteiger partial charge in [0.15, 0.2) is 0 Å². The maximum atomic E-state index is 12.4. The molecule has 2 aliphatic heterocycles. The second-order valence-corrected chi connectivity index (χ2v) is 5.68. The smallest absolute Gasteiger partial charge is 0.256 e. The topological polar surface area (TPSA) is 36.4 Å². The van der Waals surface area contributed by atoms with Crippen LogP contribution in [0, 0.1) is 0 Å². The number of pyridine rings is 1. The second kappa shape index (κ2) is 4.97. The lowest BCUT2D eigenvalue weighted by Crippen LogP contribution is -2.52. The lowest BCUT2D eigenvalue weighted by molar-refractivity contribution is 0.0570. The molecule has 3 rings (SSSR count). The zero-order chi connectivity index (χ0) is 12.5. The highest BCUT2D eigenvalue weighted by Gasteiger charge is 2.33. The number of piperazine rings is 1. The number of fused-ring (bicyclic) bond motifs is 1. The van der Waals surface area contributed by atoms with Gasteiger partial charge in [0, 0.05) is 31.9 Å². The van der Waals surface area contributed by atoms with Crippen LogP contribution in [0.5, 0.6) is 0 Å². The molecule has 0 aliphatic carbocycles. The molecule has 0 bridgehead atoms. The van der Waals surface area contributed by atoms with Crippen molar-refractivity contribution in [1.29, 1.82) is 0 Å². The van der Waals surface area contributed by atoms with Crippen LogP contribution in [0.4, 0.5) is 0 Å². The van der Waals surface area contributed by atoms with Crippen molar-refractivity contribution >= 4 is 21.8 Å². The van der Waals surface area contributed by atoms with Crippen LogP contribution in [0.2, 0.25) is 0 Å². The molecule has 5 heteroatoms. The SMILES string of the molecule is O=C(c1cccnc1Br)N1CCN2CCCC2C1. The molecule has 0 N–H and O–H groups in total. The monoisotopic (exact) mass is 309 g/mol. The molecule has 0 aromatic carbocycles. The molecule has 0 saturated carbocycles. The number of nitrogens with zero attached hydrogens (tertiary/aromatic N) is 3. The molecule has 1 aromatic rings. The molecule has 2 aliphatic rings. The maximum Gasteiger partial charge on any atom is 0.256 e. The Morgan fingerprint density at radius 3 is 3.11 bits per heavy atom. The predicted octanol–water partition coefficient (Wildman–Crippen LogP) is 1.76. The van der Waals surface area contributed by atoms with Gasteiger partial charge in [-0.2, -0.15) is 0 Å². The van der Waals surface area contributed by atoms with Crippen molar-refractivity contribution in [3.05, 3.63) is 28.5 Å². The fraction of sp³-hybridized carbons (Fsp3) is 0.538. The van der Waals surface area contributed by atoms with Crippen LogP contribution in [0.25, 0.3) is 0 Å². The van der Waals surface area contributed by atoms with E-state index in [2.05, 4.69) is 25.8 Å². The number of hydrogen-bond acceptors (Lipinski definition) is 3. The van der Waals surface area contributed by atoms with Crippen molar-refractivity contribution in [3.63, 3.8) is 0 Å². The molecule has 0 radical (unpaired) electrons. The third kappa shape index (κ3) is 2.17. The number of hydrogen-bond donors (Lipinski definition) is 0. The molecule has 1 atom stereocenters. The molecule has 4 nitrogen and oxygen atoms in total. The van der Waals surface area contributed by atoms with E-state index in [1.165, 1.54) is 19.4 Å². The van der Waals surface area contributed by atoms with Crippen molar-refractivity contribution in [1.82, 2.24) is 14.8 Å². The van der Waals surface area contributed by atoms with Crippen LogP contribution in [-0.2, 0) is 0 Å². The van der Waals surface area contributed by atoms with Crippen molar-refractivity contribution in [2.75, 3.05) is 26.2 Å². The summed E-state index contributed by atoms with van der Waals surface area (Å²) >= 11 is 3.35. The van der Waals surface area contributed by atoms with Gasteiger partial charge in [0.25, 0.3) is 5.91 Å². The van der Waals surface area contributed by atoms with E-state index in [0.717, 1.165) is 19.6 Å². The van der Waals surface area contributed by atoms with Gasteiger partial charge in [0.1, 0.15) is 4.60 Å². The summed E-state index contributed by atoms with van der Waals surface area (Å²) in [5, 5.41) is 0. The first-order valence-corrected chi connectivity index (χ1v) is 7.19. The van der Waals surface area contributed by atoms with Crippen LogP contribution in [-0.4, -0.2) is 52.9 Å². The first kappa shape index (κ1) is 12.1. The Kier molecular flexibility index (Phi) is 3.35. The second-order valence-electron chi connectivity index (χ2n) is 4.92. The number of amides is 1. The van der Waals surface area contributed by atoms with Gasteiger partial charge in [-0.1, -0.05) is 0 Å². The summed E-state index contributed by atoms with van der Waals surface area (Å²) in [6.45, 7) is 3.90. The fourth-order valence-corrected chi connectivity index (χ4v) is 3.31. The Morgan fingerprint density at radius 1 is 1.39 bits per heavy atom. The highest BCUT2D eigenvalue weighted by atomic mass is 79.9. The van der Waals surface area contributed by atoms with Gasteiger partial charge in [-0.15, -0.1) is 0 Å². The number of carbonyl (C=O) groups is 1. The first-order chi connectivity index (χ1) is 8.75. The van der Waals surface area contributed by atoms with Crippen molar-refractivity contribution < 1.29 is 4.79 Å². The van der Waals surface area contributed by atoms with E-state index in [1.807, 2.05) is 17.0 Å². The van der Waals surface area contributed by atoms with Gasteiger partial charge in [-0.05, 0) is 47.4 Å². The number of carbonyl (C=O) groups excluding carboxylic acids is 1. The molecule has 2 fully saturated rings. The van der Waals surface area contributed by atoms with E-state index in [-0.39, 0.29) is 5.91 Å². The van der Waals surface area contributed by atoms with Gasteiger partial charge in [0.2, 0.25) is 0 Å². The van der Waals surface area contributed by atoms with Gasteiger partial charge in [0.05, 0.1) is 5.56 Å². The molecule has 2 saturated heterocycles. The van der Waals surface area contributed by atoms with Crippen LogP contribution in [0.3, 0.4) is 0 Å². The zero-order valence-corrected chi connectivity index (χ0v) is 11.8. The van der Waals surface area contributed by atoms with E-state index in [0.29, 0.717) is 16.2 Å². The molecule has 1 aromatic heterocycles. The minimum Gasteiger partial charge on any atom is -0.336 e. The Labute approximate surface area is 115 Å². The van der Waals surface area contributed by atoms with Crippen LogP contribution >= 0.6 is 15.9 Å². The van der Waals surface area contributed by atoms with Crippen molar-refractivity contribution in [3.8, 4) is 0 Å². The van der Waals surface area contributed by atoms with E-state index in [9.17, 15) is 4.79 Å². The average Bonchev–Trinajstić information content (AvgIpc) is 2.85. The van der Waals surface area contributed by atoms with Gasteiger partial charge in [-0.25, -0.2) is 4.98 Å². The van der Waals surface area contributed by atoms with Crippen molar-refractivity contribution in [2.45, 2.75) is 18.9 Å². The molecule has 96 valence electrons. The zero-order valence-electron chi connectivity index (χ0n) is 10.2. The van der Waals surface area contributed by atoms with Crippen LogP contribution in [0.1, 0.15) is 23.2 Å².